The molecule has 2 aromatic carbocycles. The quantitative estimate of drug-likeness (QED) is 0.232. The van der Waals surface area contributed by atoms with Crippen LogP contribution in [0.4, 0.5) is 0 Å². The van der Waals surface area contributed by atoms with Gasteiger partial charge in [-0.2, -0.15) is 0 Å². The molecule has 1 aliphatic heterocycles. The van der Waals surface area contributed by atoms with E-state index in [1.54, 1.807) is 7.11 Å². The van der Waals surface area contributed by atoms with Crippen molar-refractivity contribution in [1.82, 2.24) is 9.88 Å². The molecule has 0 radical (unpaired) electrons. The third-order valence-corrected chi connectivity index (χ3v) is 8.45. The monoisotopic (exact) mass is 516 g/mol. The first-order valence-electron chi connectivity index (χ1n) is 14.4. The molecule has 0 bridgehead atoms. The molecule has 0 spiro atoms. The molecule has 2 heterocycles. The van der Waals surface area contributed by atoms with Gasteiger partial charge in [-0.3, -0.25) is 9.78 Å². The molecule has 1 aliphatic rings. The second-order valence-electron chi connectivity index (χ2n) is 11.0. The summed E-state index contributed by atoms with van der Waals surface area (Å²) in [6.45, 7) is 5.52. The van der Waals surface area contributed by atoms with Gasteiger partial charge in [-0.05, 0) is 124 Å². The van der Waals surface area contributed by atoms with Crippen molar-refractivity contribution in [2.75, 3.05) is 26.7 Å². The molecule has 4 rings (SSSR count). The van der Waals surface area contributed by atoms with E-state index in [2.05, 4.69) is 53.2 Å². The average molecular weight is 517 g/mol. The number of rotatable bonds is 14. The van der Waals surface area contributed by atoms with E-state index in [1.165, 1.54) is 47.8 Å². The van der Waals surface area contributed by atoms with E-state index in [-0.39, 0.29) is 6.42 Å². The lowest BCUT2D eigenvalue weighted by atomic mass is 9.79. The van der Waals surface area contributed by atoms with Crippen molar-refractivity contribution >= 4 is 16.9 Å². The third-order valence-electron chi connectivity index (χ3n) is 8.45. The van der Waals surface area contributed by atoms with Crippen molar-refractivity contribution in [2.24, 2.45) is 11.8 Å². The molecule has 2 atom stereocenters. The maximum Gasteiger partial charge on any atom is 0.303 e. The number of aliphatic carboxylic acids is 1. The molecule has 5 heteroatoms. The Labute approximate surface area is 228 Å². The number of benzene rings is 2. The van der Waals surface area contributed by atoms with Crippen molar-refractivity contribution < 1.29 is 14.6 Å². The fourth-order valence-electron chi connectivity index (χ4n) is 6.18. The zero-order chi connectivity index (χ0) is 26.7. The van der Waals surface area contributed by atoms with Gasteiger partial charge in [-0.1, -0.05) is 30.7 Å². The number of hydrogen-bond donors (Lipinski definition) is 1. The van der Waals surface area contributed by atoms with Crippen molar-refractivity contribution in [2.45, 2.75) is 71.1 Å². The molecular formula is C33H44N2O3. The van der Waals surface area contributed by atoms with E-state index in [0.29, 0.717) is 11.8 Å². The van der Waals surface area contributed by atoms with Crippen LogP contribution in [0.3, 0.4) is 0 Å². The van der Waals surface area contributed by atoms with Crippen LogP contribution in [0.2, 0.25) is 0 Å². The Morgan fingerprint density at radius 3 is 2.66 bits per heavy atom. The van der Waals surface area contributed by atoms with E-state index in [4.69, 9.17) is 4.74 Å². The molecule has 0 amide bonds. The lowest BCUT2D eigenvalue weighted by Gasteiger charge is -2.39. The number of piperidine rings is 1. The second kappa shape index (κ2) is 14.3. The number of carbonyl (C=O) groups is 1. The van der Waals surface area contributed by atoms with Gasteiger partial charge in [-0.25, -0.2) is 0 Å². The van der Waals surface area contributed by atoms with Crippen LogP contribution in [-0.2, 0) is 17.6 Å². The highest BCUT2D eigenvalue weighted by Gasteiger charge is 2.29. The largest absolute Gasteiger partial charge is 0.497 e. The van der Waals surface area contributed by atoms with Crippen LogP contribution in [-0.4, -0.2) is 47.7 Å². The van der Waals surface area contributed by atoms with Crippen LogP contribution in [0.5, 0.6) is 5.75 Å². The average Bonchev–Trinajstić information content (AvgIpc) is 2.93. The Morgan fingerprint density at radius 2 is 1.84 bits per heavy atom. The van der Waals surface area contributed by atoms with Crippen LogP contribution >= 0.6 is 0 Å². The number of carboxylic acid groups (broad SMARTS) is 1. The van der Waals surface area contributed by atoms with Gasteiger partial charge in [0.1, 0.15) is 5.75 Å². The van der Waals surface area contributed by atoms with Crippen LogP contribution in [0.1, 0.15) is 68.1 Å². The van der Waals surface area contributed by atoms with Gasteiger partial charge in [0, 0.05) is 24.5 Å². The fraction of sp³-hybridized carbons (Fsp3) is 0.515. The van der Waals surface area contributed by atoms with Gasteiger partial charge >= 0.3 is 5.97 Å². The highest BCUT2D eigenvalue weighted by atomic mass is 16.5. The Bertz CT molecular complexity index is 1180. The topological polar surface area (TPSA) is 62.7 Å². The summed E-state index contributed by atoms with van der Waals surface area (Å²) in [5.74, 6) is 1.27. The first kappa shape index (κ1) is 28.1. The van der Waals surface area contributed by atoms with Gasteiger partial charge in [0.15, 0.2) is 0 Å². The normalized spacial score (nSPS) is 18.1. The summed E-state index contributed by atoms with van der Waals surface area (Å²) in [4.78, 5) is 18.5. The Kier molecular flexibility index (Phi) is 10.6. The number of pyridine rings is 1. The third kappa shape index (κ3) is 8.04. The zero-order valence-corrected chi connectivity index (χ0v) is 23.2. The highest BCUT2D eigenvalue weighted by molar-refractivity contribution is 5.83. The number of aryl methyl sites for hydroxylation is 3. The molecule has 0 unspecified atom stereocenters. The molecule has 204 valence electrons. The van der Waals surface area contributed by atoms with Gasteiger partial charge in [-0.15, -0.1) is 0 Å². The summed E-state index contributed by atoms with van der Waals surface area (Å²) >= 11 is 0. The molecule has 0 aliphatic carbocycles. The second-order valence-corrected chi connectivity index (χ2v) is 11.0. The number of carboxylic acids is 1. The summed E-state index contributed by atoms with van der Waals surface area (Å²) in [6.07, 6.45) is 12.3. The van der Waals surface area contributed by atoms with Crippen molar-refractivity contribution in [1.29, 1.82) is 0 Å². The minimum atomic E-state index is -0.672. The van der Waals surface area contributed by atoms with Crippen molar-refractivity contribution in [3.8, 4) is 5.75 Å². The summed E-state index contributed by atoms with van der Waals surface area (Å²) < 4.78 is 5.43. The fourth-order valence-corrected chi connectivity index (χ4v) is 6.18. The van der Waals surface area contributed by atoms with E-state index in [1.807, 2.05) is 18.3 Å². The van der Waals surface area contributed by atoms with E-state index in [0.717, 1.165) is 63.0 Å². The molecule has 1 fully saturated rings. The smallest absolute Gasteiger partial charge is 0.303 e. The highest BCUT2D eigenvalue weighted by Crippen LogP contribution is 2.32. The van der Waals surface area contributed by atoms with Gasteiger partial charge in [0.25, 0.3) is 0 Å². The van der Waals surface area contributed by atoms with Gasteiger partial charge in [0.2, 0.25) is 0 Å². The Morgan fingerprint density at radius 1 is 1.00 bits per heavy atom. The number of hydrogen-bond acceptors (Lipinski definition) is 4. The Hall–Kier alpha value is -2.92. The number of nitrogens with zero attached hydrogens (tertiary/aromatic N) is 2. The van der Waals surface area contributed by atoms with Crippen LogP contribution in [0.25, 0.3) is 10.9 Å². The maximum absolute atomic E-state index is 11.4. The lowest BCUT2D eigenvalue weighted by Crippen LogP contribution is -2.41. The minimum absolute atomic E-state index is 0.278. The summed E-state index contributed by atoms with van der Waals surface area (Å²) in [6, 6.07) is 16.9. The van der Waals surface area contributed by atoms with Gasteiger partial charge < -0.3 is 14.7 Å². The predicted octanol–water partition coefficient (Wildman–Crippen LogP) is 7.09. The number of aromatic nitrogens is 1. The molecule has 5 nitrogen and oxygen atoms in total. The SMILES string of the molecule is COc1ccc2nccc(CCC[C@@H]3CCN(CCCCCc4ccccc4C)C[C@@H]3CCC(=O)O)c2c1. The number of unbranched alkanes of at least 4 members (excludes halogenated alkanes) is 2. The minimum Gasteiger partial charge on any atom is -0.497 e. The van der Waals surface area contributed by atoms with Gasteiger partial charge in [0.05, 0.1) is 12.6 Å². The first-order chi connectivity index (χ1) is 18.5. The Balaban J connectivity index is 1.25. The number of likely N-dealkylation sites (tertiary alicyclic amines) is 1. The van der Waals surface area contributed by atoms with E-state index in [9.17, 15) is 9.90 Å². The van der Waals surface area contributed by atoms with E-state index < -0.39 is 5.97 Å². The van der Waals surface area contributed by atoms with Crippen LogP contribution < -0.4 is 4.74 Å². The molecule has 1 N–H and O–H groups in total. The number of methoxy groups -OCH3 is 1. The molecule has 3 aromatic rings. The summed E-state index contributed by atoms with van der Waals surface area (Å²) in [5.41, 5.74) is 5.20. The lowest BCUT2D eigenvalue weighted by molar-refractivity contribution is -0.137. The molecular weight excluding hydrogens is 472 g/mol. The maximum atomic E-state index is 11.4. The first-order valence-corrected chi connectivity index (χ1v) is 14.4. The van der Waals surface area contributed by atoms with Crippen LogP contribution in [0, 0.1) is 18.8 Å². The predicted molar refractivity (Wildman–Crippen MR) is 155 cm³/mol. The summed E-state index contributed by atoms with van der Waals surface area (Å²) in [7, 11) is 1.70. The van der Waals surface area contributed by atoms with Crippen molar-refractivity contribution in [3.63, 3.8) is 0 Å². The molecule has 1 aromatic heterocycles. The molecule has 38 heavy (non-hydrogen) atoms. The van der Waals surface area contributed by atoms with E-state index >= 15 is 0 Å². The van der Waals surface area contributed by atoms with Crippen molar-refractivity contribution in [3.05, 3.63) is 71.4 Å². The zero-order valence-electron chi connectivity index (χ0n) is 23.2. The number of ether oxygens (including phenoxy) is 1. The molecule has 1 saturated heterocycles. The molecule has 0 saturated carbocycles. The number of fused-ring (bicyclic) bond motifs is 1. The standard InChI is InChI=1S/C33H44N2O3/c1-25-9-5-6-11-26(25)10-4-3-7-21-35-22-19-27(29(24-35)14-17-33(36)37)12-8-13-28-18-20-34-32-16-15-30(38-2)23-31(28)32/h5-6,9,11,15-16,18,20,23,27,29H,3-4,7-8,10,12-14,17,19,21-22,24H2,1-2H3,(H,36,37)/t27-,29+/m1/s1. The summed E-state index contributed by atoms with van der Waals surface area (Å²) in [5, 5.41) is 10.5. The van der Waals surface area contributed by atoms with Crippen LogP contribution in [0.15, 0.2) is 54.7 Å².